The fourth-order valence-electron chi connectivity index (χ4n) is 3.04. The van der Waals surface area contributed by atoms with Gasteiger partial charge in [-0.05, 0) is 41.8 Å². The van der Waals surface area contributed by atoms with E-state index in [1.54, 1.807) is 0 Å². The Bertz CT molecular complexity index is 1230. The summed E-state index contributed by atoms with van der Waals surface area (Å²) in [6.07, 6.45) is 2.37. The number of rotatable bonds is 7. The molecule has 8 heteroatoms. The van der Waals surface area contributed by atoms with Crippen LogP contribution in [-0.4, -0.2) is 26.5 Å². The molecule has 31 heavy (non-hydrogen) atoms. The lowest BCUT2D eigenvalue weighted by molar-refractivity contribution is -0.146. The summed E-state index contributed by atoms with van der Waals surface area (Å²) in [5.74, 6) is -4.49. The number of nitrogens with zero attached hydrogens (tertiary/aromatic N) is 1. The van der Waals surface area contributed by atoms with E-state index in [2.05, 4.69) is 0 Å². The number of aliphatic carboxylic acids is 1. The van der Waals surface area contributed by atoms with E-state index < -0.39 is 28.9 Å². The fraction of sp³-hybridized carbons (Fsp3) is 0.0870. The van der Waals surface area contributed by atoms with Gasteiger partial charge in [0.15, 0.2) is 0 Å². The Labute approximate surface area is 181 Å². The number of carboxylic acids is 1. The van der Waals surface area contributed by atoms with Crippen molar-refractivity contribution in [2.24, 2.45) is 0 Å². The number of pyridine rings is 1. The molecule has 0 saturated heterocycles. The van der Waals surface area contributed by atoms with E-state index in [1.807, 2.05) is 30.3 Å². The molecule has 2 N–H and O–H groups in total. The van der Waals surface area contributed by atoms with Crippen LogP contribution in [-0.2, 0) is 22.6 Å². The number of carbonyl (C=O) groups is 2. The quantitative estimate of drug-likeness (QED) is 0.330. The van der Waals surface area contributed by atoms with E-state index in [4.69, 9.17) is 16.7 Å². The van der Waals surface area contributed by atoms with Crippen LogP contribution in [0.4, 0.5) is 4.39 Å². The van der Waals surface area contributed by atoms with Crippen LogP contribution in [0, 0.1) is 5.82 Å². The number of aromatic nitrogens is 1. The van der Waals surface area contributed by atoms with E-state index in [1.165, 1.54) is 35.0 Å². The van der Waals surface area contributed by atoms with Gasteiger partial charge in [0, 0.05) is 22.9 Å². The molecule has 1 heterocycles. The molecule has 0 aliphatic carbocycles. The van der Waals surface area contributed by atoms with Crippen molar-refractivity contribution in [3.05, 3.63) is 110 Å². The molecule has 0 spiro atoms. The van der Waals surface area contributed by atoms with Crippen molar-refractivity contribution in [3.63, 3.8) is 0 Å². The van der Waals surface area contributed by atoms with Crippen molar-refractivity contribution in [2.45, 2.75) is 13.0 Å². The molecular weight excluding hydrogens is 425 g/mol. The molecule has 3 aromatic rings. The maximum atomic E-state index is 14.2. The maximum Gasteiger partial charge on any atom is 0.376 e. The first-order chi connectivity index (χ1) is 14.7. The predicted molar refractivity (Wildman–Crippen MR) is 114 cm³/mol. The Balaban J connectivity index is 2.11. The minimum absolute atomic E-state index is 0.155. The lowest BCUT2D eigenvalue weighted by Crippen LogP contribution is -2.25. The Hall–Kier alpha value is -3.71. The van der Waals surface area contributed by atoms with E-state index in [0.29, 0.717) is 23.1 Å². The molecule has 0 unspecified atom stereocenters. The molecule has 2 aromatic carbocycles. The first-order valence-corrected chi connectivity index (χ1v) is 9.52. The zero-order valence-electron chi connectivity index (χ0n) is 16.1. The Morgan fingerprint density at radius 3 is 2.42 bits per heavy atom. The van der Waals surface area contributed by atoms with Crippen LogP contribution in [0.1, 0.15) is 22.3 Å². The van der Waals surface area contributed by atoms with Crippen molar-refractivity contribution >= 4 is 29.1 Å². The largest absolute Gasteiger partial charge is 0.507 e. The number of ketones is 1. The van der Waals surface area contributed by atoms with Crippen molar-refractivity contribution < 1.29 is 24.2 Å². The van der Waals surface area contributed by atoms with Crippen LogP contribution < -0.4 is 5.56 Å². The van der Waals surface area contributed by atoms with Crippen LogP contribution in [0.3, 0.4) is 0 Å². The fourth-order valence-corrected chi connectivity index (χ4v) is 3.23. The second-order valence-electron chi connectivity index (χ2n) is 6.79. The molecule has 3 rings (SSSR count). The van der Waals surface area contributed by atoms with Gasteiger partial charge in [-0.1, -0.05) is 41.9 Å². The summed E-state index contributed by atoms with van der Waals surface area (Å²) in [5, 5.41) is 19.3. The molecule has 0 aliphatic rings. The van der Waals surface area contributed by atoms with Crippen molar-refractivity contribution in [1.29, 1.82) is 0 Å². The number of carboxylic acid groups (broad SMARTS) is 1. The molecule has 0 amide bonds. The summed E-state index contributed by atoms with van der Waals surface area (Å²) >= 11 is 5.93. The smallest absolute Gasteiger partial charge is 0.376 e. The third-order valence-electron chi connectivity index (χ3n) is 4.50. The Morgan fingerprint density at radius 1 is 1.03 bits per heavy atom. The zero-order chi connectivity index (χ0) is 22.5. The van der Waals surface area contributed by atoms with Crippen LogP contribution in [0.25, 0.3) is 5.76 Å². The van der Waals surface area contributed by atoms with Gasteiger partial charge in [-0.2, -0.15) is 0 Å². The van der Waals surface area contributed by atoms with E-state index >= 15 is 0 Å². The number of benzene rings is 2. The number of aliphatic hydroxyl groups excluding tert-OH is 1. The number of halogens is 2. The average molecular weight is 442 g/mol. The van der Waals surface area contributed by atoms with Crippen molar-refractivity contribution in [3.8, 4) is 0 Å². The van der Waals surface area contributed by atoms with Gasteiger partial charge in [0.05, 0.1) is 12.1 Å². The molecule has 0 atom stereocenters. The van der Waals surface area contributed by atoms with Crippen LogP contribution in [0.15, 0.2) is 71.7 Å². The van der Waals surface area contributed by atoms with Gasteiger partial charge < -0.3 is 14.8 Å². The summed E-state index contributed by atoms with van der Waals surface area (Å²) in [6, 6.07) is 14.6. The number of carbonyl (C=O) groups excluding carboxylic acids is 1. The summed E-state index contributed by atoms with van der Waals surface area (Å²) in [4.78, 5) is 35.2. The predicted octanol–water partition coefficient (Wildman–Crippen LogP) is 3.83. The second-order valence-corrected chi connectivity index (χ2v) is 7.23. The molecular formula is C23H17ClFNO5. The molecule has 0 aliphatic heterocycles. The standard InChI is InChI=1S/C23H17ClFNO5/c24-17-6-7-19(25)16(10-17)13-26-12-15(8-14-4-2-1-3-5-14)9-18(22(26)29)20(27)11-21(28)23(30)31/h1-7,9-12,27H,8,13H2,(H,30,31)/b20-11-. The maximum absolute atomic E-state index is 14.2. The zero-order valence-corrected chi connectivity index (χ0v) is 16.8. The topological polar surface area (TPSA) is 96.6 Å². The van der Waals surface area contributed by atoms with Gasteiger partial charge in [0.2, 0.25) is 0 Å². The van der Waals surface area contributed by atoms with Crippen molar-refractivity contribution in [2.75, 3.05) is 0 Å². The van der Waals surface area contributed by atoms with Crippen LogP contribution >= 0.6 is 11.6 Å². The van der Waals surface area contributed by atoms with Crippen LogP contribution in [0.5, 0.6) is 0 Å². The van der Waals surface area contributed by atoms with Gasteiger partial charge in [-0.25, -0.2) is 9.18 Å². The van der Waals surface area contributed by atoms with Gasteiger partial charge in [-0.3, -0.25) is 9.59 Å². The summed E-state index contributed by atoms with van der Waals surface area (Å²) < 4.78 is 15.4. The number of aliphatic hydroxyl groups is 1. The SMILES string of the molecule is O=C(O)C(=O)/C=C(\O)c1cc(Cc2ccccc2)cn(Cc2cc(Cl)ccc2F)c1=O. The highest BCUT2D eigenvalue weighted by Crippen LogP contribution is 2.18. The molecule has 0 saturated carbocycles. The minimum Gasteiger partial charge on any atom is -0.507 e. The highest BCUT2D eigenvalue weighted by molar-refractivity contribution is 6.38. The van der Waals surface area contributed by atoms with Gasteiger partial charge in [0.25, 0.3) is 11.3 Å². The monoisotopic (exact) mass is 441 g/mol. The number of hydrogen-bond donors (Lipinski definition) is 2. The molecule has 1 aromatic heterocycles. The highest BCUT2D eigenvalue weighted by atomic mass is 35.5. The van der Waals surface area contributed by atoms with Gasteiger partial charge in [-0.15, -0.1) is 0 Å². The molecule has 0 fully saturated rings. The molecule has 0 radical (unpaired) electrons. The van der Waals surface area contributed by atoms with Crippen molar-refractivity contribution in [1.82, 2.24) is 4.57 Å². The third-order valence-corrected chi connectivity index (χ3v) is 4.73. The average Bonchev–Trinajstić information content (AvgIpc) is 2.73. The Kier molecular flexibility index (Phi) is 6.67. The number of hydrogen-bond acceptors (Lipinski definition) is 4. The first-order valence-electron chi connectivity index (χ1n) is 9.14. The normalized spacial score (nSPS) is 11.4. The minimum atomic E-state index is -1.77. The first kappa shape index (κ1) is 22.0. The van der Waals surface area contributed by atoms with E-state index in [9.17, 15) is 23.9 Å². The molecule has 6 nitrogen and oxygen atoms in total. The van der Waals surface area contributed by atoms with Crippen LogP contribution in [0.2, 0.25) is 5.02 Å². The molecule has 158 valence electrons. The third kappa shape index (κ3) is 5.46. The lowest BCUT2D eigenvalue weighted by atomic mass is 10.0. The summed E-state index contributed by atoms with van der Waals surface area (Å²) in [6.45, 7) is -0.180. The lowest BCUT2D eigenvalue weighted by Gasteiger charge is -2.13. The molecule has 0 bridgehead atoms. The summed E-state index contributed by atoms with van der Waals surface area (Å²) in [7, 11) is 0. The Morgan fingerprint density at radius 2 is 1.74 bits per heavy atom. The second kappa shape index (κ2) is 9.40. The van der Waals surface area contributed by atoms with Gasteiger partial charge in [0.1, 0.15) is 11.6 Å². The van der Waals surface area contributed by atoms with E-state index in [-0.39, 0.29) is 17.7 Å². The summed E-state index contributed by atoms with van der Waals surface area (Å²) in [5.41, 5.74) is 0.666. The van der Waals surface area contributed by atoms with Gasteiger partial charge >= 0.3 is 5.97 Å². The van der Waals surface area contributed by atoms with E-state index in [0.717, 1.165) is 5.56 Å². The highest BCUT2D eigenvalue weighted by Gasteiger charge is 2.16.